The van der Waals surface area contributed by atoms with Gasteiger partial charge in [-0.2, -0.15) is 0 Å². The number of allylic oxidation sites excluding steroid dienone is 2. The number of aromatic nitrogens is 1. The number of nitrogens with zero attached hydrogens (tertiary/aromatic N) is 2. The van der Waals surface area contributed by atoms with Crippen molar-refractivity contribution in [3.05, 3.63) is 87.3 Å². The lowest BCUT2D eigenvalue weighted by molar-refractivity contribution is 0.0789. The quantitative estimate of drug-likeness (QED) is 0.777. The number of dihydropyridines is 1. The SMILES string of the molecule is CC1=C(OCc2ccc(F)cc2)CNC(CN2Cc3c(ccnc3Cl)C2=O)=C1. The summed E-state index contributed by atoms with van der Waals surface area (Å²) in [6, 6.07) is 7.96. The molecule has 2 aliphatic rings. The van der Waals surface area contributed by atoms with Gasteiger partial charge in [-0.1, -0.05) is 23.7 Å². The zero-order valence-electron chi connectivity index (χ0n) is 15.3. The summed E-state index contributed by atoms with van der Waals surface area (Å²) < 4.78 is 18.9. The largest absolute Gasteiger partial charge is 0.491 e. The van der Waals surface area contributed by atoms with Crippen molar-refractivity contribution in [3.8, 4) is 0 Å². The van der Waals surface area contributed by atoms with Gasteiger partial charge in [-0.25, -0.2) is 9.37 Å². The summed E-state index contributed by atoms with van der Waals surface area (Å²) >= 11 is 6.11. The molecule has 0 spiro atoms. The van der Waals surface area contributed by atoms with Gasteiger partial charge >= 0.3 is 0 Å². The van der Waals surface area contributed by atoms with E-state index < -0.39 is 0 Å². The van der Waals surface area contributed by atoms with Crippen LogP contribution in [0.5, 0.6) is 0 Å². The Hall–Kier alpha value is -2.86. The molecule has 2 aliphatic heterocycles. The van der Waals surface area contributed by atoms with Gasteiger partial charge in [0.15, 0.2) is 0 Å². The van der Waals surface area contributed by atoms with E-state index >= 15 is 0 Å². The van der Waals surface area contributed by atoms with Crippen LogP contribution in [0.3, 0.4) is 0 Å². The van der Waals surface area contributed by atoms with E-state index in [0.29, 0.717) is 37.0 Å². The maximum absolute atomic E-state index is 13.0. The Labute approximate surface area is 167 Å². The zero-order chi connectivity index (χ0) is 19.7. The number of hydrogen-bond acceptors (Lipinski definition) is 4. The summed E-state index contributed by atoms with van der Waals surface area (Å²) in [5.74, 6) is 0.528. The first-order valence-electron chi connectivity index (χ1n) is 8.95. The molecule has 28 heavy (non-hydrogen) atoms. The number of hydrogen-bond donors (Lipinski definition) is 1. The number of carbonyl (C=O) groups is 1. The Balaban J connectivity index is 1.41. The predicted molar refractivity (Wildman–Crippen MR) is 104 cm³/mol. The molecule has 0 radical (unpaired) electrons. The second-order valence-electron chi connectivity index (χ2n) is 6.83. The van der Waals surface area contributed by atoms with Crippen LogP contribution in [0.15, 0.2) is 59.6 Å². The Morgan fingerprint density at radius 2 is 2.07 bits per heavy atom. The molecule has 1 aromatic heterocycles. The van der Waals surface area contributed by atoms with E-state index in [9.17, 15) is 9.18 Å². The summed E-state index contributed by atoms with van der Waals surface area (Å²) in [5.41, 5.74) is 4.24. The standard InChI is InChI=1S/C21H19ClFN3O2/c1-13-8-16(10-26-11-18-17(21(26)27)6-7-24-20(18)22)25-9-19(13)28-12-14-2-4-15(23)5-3-14/h2-8,25H,9-12H2,1H3. The number of pyridine rings is 1. The third-order valence-electron chi connectivity index (χ3n) is 4.86. The minimum atomic E-state index is -0.262. The van der Waals surface area contributed by atoms with Crippen LogP contribution in [0.4, 0.5) is 4.39 Å². The van der Waals surface area contributed by atoms with E-state index in [4.69, 9.17) is 16.3 Å². The number of halogens is 2. The van der Waals surface area contributed by atoms with E-state index in [1.54, 1.807) is 29.3 Å². The number of ether oxygens (including phenoxy) is 1. The highest BCUT2D eigenvalue weighted by Gasteiger charge is 2.30. The molecule has 5 nitrogen and oxygen atoms in total. The second kappa shape index (κ2) is 7.64. The Bertz CT molecular complexity index is 986. The first-order chi connectivity index (χ1) is 13.5. The van der Waals surface area contributed by atoms with Crippen LogP contribution in [0.2, 0.25) is 5.15 Å². The van der Waals surface area contributed by atoms with Crippen molar-refractivity contribution in [2.75, 3.05) is 13.1 Å². The zero-order valence-corrected chi connectivity index (χ0v) is 16.1. The molecule has 0 aliphatic carbocycles. The molecule has 1 amide bonds. The molecule has 144 valence electrons. The number of carbonyl (C=O) groups excluding carboxylic acids is 1. The first-order valence-corrected chi connectivity index (χ1v) is 9.33. The van der Waals surface area contributed by atoms with Gasteiger partial charge in [-0.05, 0) is 42.3 Å². The predicted octanol–water partition coefficient (Wildman–Crippen LogP) is 3.81. The van der Waals surface area contributed by atoms with Gasteiger partial charge in [0, 0.05) is 23.0 Å². The maximum Gasteiger partial charge on any atom is 0.255 e. The van der Waals surface area contributed by atoms with Crippen molar-refractivity contribution < 1.29 is 13.9 Å². The fourth-order valence-corrected chi connectivity index (χ4v) is 3.55. The van der Waals surface area contributed by atoms with Gasteiger partial charge < -0.3 is 15.0 Å². The molecule has 0 atom stereocenters. The van der Waals surface area contributed by atoms with Crippen molar-refractivity contribution in [1.82, 2.24) is 15.2 Å². The van der Waals surface area contributed by atoms with E-state index in [-0.39, 0.29) is 11.7 Å². The van der Waals surface area contributed by atoms with Crippen molar-refractivity contribution in [3.63, 3.8) is 0 Å². The topological polar surface area (TPSA) is 54.5 Å². The molecule has 2 aromatic rings. The molecule has 7 heteroatoms. The highest BCUT2D eigenvalue weighted by Crippen LogP contribution is 2.28. The lowest BCUT2D eigenvalue weighted by atomic mass is 10.1. The van der Waals surface area contributed by atoms with Crippen LogP contribution >= 0.6 is 11.6 Å². The number of fused-ring (bicyclic) bond motifs is 1. The monoisotopic (exact) mass is 399 g/mol. The first kappa shape index (κ1) is 18.5. The number of rotatable bonds is 5. The average Bonchev–Trinajstić information content (AvgIpc) is 3.00. The van der Waals surface area contributed by atoms with Crippen molar-refractivity contribution in [2.24, 2.45) is 0 Å². The molecule has 1 aromatic carbocycles. The minimum Gasteiger partial charge on any atom is -0.491 e. The second-order valence-corrected chi connectivity index (χ2v) is 7.19. The highest BCUT2D eigenvalue weighted by molar-refractivity contribution is 6.30. The summed E-state index contributed by atoms with van der Waals surface area (Å²) in [6.45, 7) is 3.81. The maximum atomic E-state index is 13.0. The lowest BCUT2D eigenvalue weighted by Crippen LogP contribution is -2.33. The van der Waals surface area contributed by atoms with Gasteiger partial charge in [0.2, 0.25) is 0 Å². The van der Waals surface area contributed by atoms with Crippen LogP contribution in [0.25, 0.3) is 0 Å². The summed E-state index contributed by atoms with van der Waals surface area (Å²) in [5, 5.41) is 3.69. The van der Waals surface area contributed by atoms with Crippen LogP contribution in [0, 0.1) is 5.82 Å². The van der Waals surface area contributed by atoms with E-state index in [1.807, 2.05) is 13.0 Å². The molecular formula is C21H19ClFN3O2. The molecular weight excluding hydrogens is 381 g/mol. The Kier molecular flexibility index (Phi) is 5.05. The number of nitrogens with one attached hydrogen (secondary N) is 1. The number of amides is 1. The smallest absolute Gasteiger partial charge is 0.255 e. The van der Waals surface area contributed by atoms with Crippen molar-refractivity contribution in [1.29, 1.82) is 0 Å². The van der Waals surface area contributed by atoms with Gasteiger partial charge in [0.1, 0.15) is 23.3 Å². The lowest BCUT2D eigenvalue weighted by Gasteiger charge is -2.24. The summed E-state index contributed by atoms with van der Waals surface area (Å²) in [7, 11) is 0. The number of benzene rings is 1. The molecule has 4 rings (SSSR count). The molecule has 0 bridgehead atoms. The Morgan fingerprint density at radius 1 is 1.29 bits per heavy atom. The third-order valence-corrected chi connectivity index (χ3v) is 5.19. The molecule has 1 N–H and O–H groups in total. The summed E-state index contributed by atoms with van der Waals surface area (Å²) in [6.07, 6.45) is 3.54. The molecule has 0 saturated carbocycles. The van der Waals surface area contributed by atoms with Gasteiger partial charge in [0.05, 0.1) is 19.6 Å². The highest BCUT2D eigenvalue weighted by atomic mass is 35.5. The van der Waals surface area contributed by atoms with Crippen molar-refractivity contribution >= 4 is 17.5 Å². The fourth-order valence-electron chi connectivity index (χ4n) is 3.33. The molecule has 0 unspecified atom stereocenters. The van der Waals surface area contributed by atoms with Crippen LogP contribution in [0.1, 0.15) is 28.4 Å². The molecule has 0 saturated heterocycles. The molecule has 0 fully saturated rings. The average molecular weight is 400 g/mol. The van der Waals surface area contributed by atoms with E-state index in [0.717, 1.165) is 28.2 Å². The van der Waals surface area contributed by atoms with Gasteiger partial charge in [0.25, 0.3) is 5.91 Å². The van der Waals surface area contributed by atoms with E-state index in [2.05, 4.69) is 10.3 Å². The fraction of sp³-hybridized carbons (Fsp3) is 0.238. The van der Waals surface area contributed by atoms with Crippen LogP contribution in [-0.4, -0.2) is 28.9 Å². The van der Waals surface area contributed by atoms with E-state index in [1.165, 1.54) is 12.1 Å². The van der Waals surface area contributed by atoms with Gasteiger partial charge in [-0.3, -0.25) is 4.79 Å². The Morgan fingerprint density at radius 3 is 2.79 bits per heavy atom. The summed E-state index contributed by atoms with van der Waals surface area (Å²) in [4.78, 5) is 18.4. The molecule has 3 heterocycles. The third kappa shape index (κ3) is 3.73. The van der Waals surface area contributed by atoms with Crippen molar-refractivity contribution in [2.45, 2.75) is 20.1 Å². The normalized spacial score (nSPS) is 16.0. The van der Waals surface area contributed by atoms with Crippen LogP contribution in [-0.2, 0) is 17.9 Å². The van der Waals surface area contributed by atoms with Gasteiger partial charge in [-0.15, -0.1) is 0 Å². The van der Waals surface area contributed by atoms with Crippen LogP contribution < -0.4 is 5.32 Å². The minimum absolute atomic E-state index is 0.0398.